The second-order valence-electron chi connectivity index (χ2n) is 5.82. The summed E-state index contributed by atoms with van der Waals surface area (Å²) < 4.78 is 11.6. The van der Waals surface area contributed by atoms with Crippen LogP contribution in [0.1, 0.15) is 31.7 Å². The molecule has 0 unspecified atom stereocenters. The molecule has 0 aliphatic carbocycles. The van der Waals surface area contributed by atoms with Gasteiger partial charge in [0.2, 0.25) is 0 Å². The van der Waals surface area contributed by atoms with E-state index in [1.54, 1.807) is 0 Å². The first-order chi connectivity index (χ1) is 11.8. The monoisotopic (exact) mass is 459 g/mol. The molecular weight excluding hydrogens is 429 g/mol. The Labute approximate surface area is 168 Å². The summed E-state index contributed by atoms with van der Waals surface area (Å²) >= 11 is 0. The van der Waals surface area contributed by atoms with Crippen molar-refractivity contribution in [1.29, 1.82) is 0 Å². The number of aliphatic imine (C=N–C) groups is 1. The van der Waals surface area contributed by atoms with Gasteiger partial charge in [-0.25, -0.2) is 4.99 Å². The van der Waals surface area contributed by atoms with Gasteiger partial charge in [-0.15, -0.1) is 30.6 Å². The fourth-order valence-electron chi connectivity index (χ4n) is 2.59. The predicted octanol–water partition coefficient (Wildman–Crippen LogP) is 3.83. The molecule has 1 heterocycles. The lowest BCUT2D eigenvalue weighted by atomic mass is 10.2. The standard InChI is InChI=1S/C19H29N3O2.HI/c1-4-6-7-12-22(3)19(20-5-2)21-15-16-10-8-11-17-18(16)24-14-9-13-23-17;/h4,8,10-11H,1,5-7,9,12-15H2,2-3H3,(H,20,21);1H. The third kappa shape index (κ3) is 6.76. The molecule has 0 radical (unpaired) electrons. The highest BCUT2D eigenvalue weighted by Gasteiger charge is 2.14. The lowest BCUT2D eigenvalue weighted by Gasteiger charge is -2.22. The third-order valence-corrected chi connectivity index (χ3v) is 3.85. The largest absolute Gasteiger partial charge is 0.490 e. The molecule has 5 nitrogen and oxygen atoms in total. The molecule has 0 amide bonds. The van der Waals surface area contributed by atoms with Crippen molar-refractivity contribution in [3.05, 3.63) is 36.4 Å². The lowest BCUT2D eigenvalue weighted by Crippen LogP contribution is -2.39. The van der Waals surface area contributed by atoms with Gasteiger partial charge in [0, 0.05) is 32.1 Å². The molecule has 0 spiro atoms. The Morgan fingerprint density at radius 3 is 2.92 bits per heavy atom. The van der Waals surface area contributed by atoms with E-state index >= 15 is 0 Å². The van der Waals surface area contributed by atoms with Crippen LogP contribution in [0.4, 0.5) is 0 Å². The Balaban J connectivity index is 0.00000312. The molecule has 0 saturated carbocycles. The highest BCUT2D eigenvalue weighted by Crippen LogP contribution is 2.33. The zero-order valence-corrected chi connectivity index (χ0v) is 17.6. The van der Waals surface area contributed by atoms with E-state index in [0.29, 0.717) is 19.8 Å². The van der Waals surface area contributed by atoms with Gasteiger partial charge in [-0.1, -0.05) is 18.2 Å². The molecule has 2 rings (SSSR count). The van der Waals surface area contributed by atoms with Crippen LogP contribution in [0.3, 0.4) is 0 Å². The van der Waals surface area contributed by atoms with Crippen molar-refractivity contribution < 1.29 is 9.47 Å². The van der Waals surface area contributed by atoms with Gasteiger partial charge < -0.3 is 19.7 Å². The van der Waals surface area contributed by atoms with E-state index in [1.165, 1.54) is 0 Å². The van der Waals surface area contributed by atoms with E-state index in [4.69, 9.17) is 14.5 Å². The predicted molar refractivity (Wildman–Crippen MR) is 114 cm³/mol. The molecule has 0 aromatic heterocycles. The van der Waals surface area contributed by atoms with E-state index in [-0.39, 0.29) is 24.0 Å². The van der Waals surface area contributed by atoms with Crippen LogP contribution in [0.2, 0.25) is 0 Å². The molecule has 6 heteroatoms. The summed E-state index contributed by atoms with van der Waals surface area (Å²) in [7, 11) is 2.07. The maximum absolute atomic E-state index is 5.87. The van der Waals surface area contributed by atoms with Crippen LogP contribution in [-0.4, -0.2) is 44.2 Å². The maximum Gasteiger partial charge on any atom is 0.193 e. The van der Waals surface area contributed by atoms with Crippen LogP contribution < -0.4 is 14.8 Å². The number of unbranched alkanes of at least 4 members (excludes halogenated alkanes) is 1. The van der Waals surface area contributed by atoms with Gasteiger partial charge in [-0.2, -0.15) is 0 Å². The van der Waals surface area contributed by atoms with Crippen molar-refractivity contribution in [2.45, 2.75) is 32.7 Å². The average molecular weight is 459 g/mol. The molecule has 1 N–H and O–H groups in total. The van der Waals surface area contributed by atoms with Crippen molar-refractivity contribution >= 4 is 29.9 Å². The number of benzene rings is 1. The normalized spacial score (nSPS) is 13.4. The van der Waals surface area contributed by atoms with Crippen molar-refractivity contribution in [1.82, 2.24) is 10.2 Å². The summed E-state index contributed by atoms with van der Waals surface area (Å²) in [5.41, 5.74) is 1.06. The minimum Gasteiger partial charge on any atom is -0.490 e. The third-order valence-electron chi connectivity index (χ3n) is 3.85. The highest BCUT2D eigenvalue weighted by molar-refractivity contribution is 14.0. The molecule has 0 bridgehead atoms. The number of nitrogens with zero attached hydrogens (tertiary/aromatic N) is 2. The molecular formula is C19H30IN3O2. The van der Waals surface area contributed by atoms with Crippen LogP contribution in [0, 0.1) is 0 Å². The molecule has 0 atom stereocenters. The van der Waals surface area contributed by atoms with Gasteiger partial charge in [0.15, 0.2) is 17.5 Å². The topological polar surface area (TPSA) is 46.1 Å². The van der Waals surface area contributed by atoms with E-state index in [9.17, 15) is 0 Å². The SMILES string of the molecule is C=CCCCN(C)C(=NCc1cccc2c1OCCCO2)NCC.I. The minimum absolute atomic E-state index is 0. The van der Waals surface area contributed by atoms with Gasteiger partial charge in [0.1, 0.15) is 0 Å². The fourth-order valence-corrected chi connectivity index (χ4v) is 2.59. The number of halogens is 1. The van der Waals surface area contributed by atoms with Crippen molar-refractivity contribution in [2.75, 3.05) is 33.4 Å². The van der Waals surface area contributed by atoms with Crippen LogP contribution in [0.5, 0.6) is 11.5 Å². The zero-order valence-electron chi connectivity index (χ0n) is 15.3. The van der Waals surface area contributed by atoms with E-state index < -0.39 is 0 Å². The number of guanidine groups is 1. The number of allylic oxidation sites excluding steroid dienone is 1. The second kappa shape index (κ2) is 12.0. The Kier molecular flexibility index (Phi) is 10.4. The minimum atomic E-state index is 0. The molecule has 140 valence electrons. The van der Waals surface area contributed by atoms with E-state index in [0.717, 1.165) is 55.4 Å². The van der Waals surface area contributed by atoms with Crippen LogP contribution in [0.15, 0.2) is 35.8 Å². The summed E-state index contributed by atoms with van der Waals surface area (Å²) in [6.07, 6.45) is 4.95. The quantitative estimate of drug-likeness (QED) is 0.221. The van der Waals surface area contributed by atoms with E-state index in [2.05, 4.69) is 36.8 Å². The fraction of sp³-hybridized carbons (Fsp3) is 0.526. The van der Waals surface area contributed by atoms with Gasteiger partial charge >= 0.3 is 0 Å². The Hall–Kier alpha value is -1.44. The van der Waals surface area contributed by atoms with Gasteiger partial charge in [0.05, 0.1) is 19.8 Å². The summed E-state index contributed by atoms with van der Waals surface area (Å²) in [6.45, 7) is 9.61. The molecule has 1 aromatic rings. The van der Waals surface area contributed by atoms with E-state index in [1.807, 2.05) is 18.2 Å². The Bertz CT molecular complexity index is 564. The molecule has 0 fully saturated rings. The second-order valence-corrected chi connectivity index (χ2v) is 5.82. The van der Waals surface area contributed by atoms with Gasteiger partial charge in [-0.3, -0.25) is 0 Å². The molecule has 1 aliphatic rings. The molecule has 25 heavy (non-hydrogen) atoms. The first kappa shape index (κ1) is 21.6. The van der Waals surface area contributed by atoms with Crippen LogP contribution in [0.25, 0.3) is 0 Å². The first-order valence-corrected chi connectivity index (χ1v) is 8.74. The number of nitrogens with one attached hydrogen (secondary N) is 1. The van der Waals surface area contributed by atoms with Crippen LogP contribution >= 0.6 is 24.0 Å². The molecule has 1 aromatic carbocycles. The number of fused-ring (bicyclic) bond motifs is 1. The number of ether oxygens (including phenoxy) is 2. The Morgan fingerprint density at radius 1 is 1.36 bits per heavy atom. The Morgan fingerprint density at radius 2 is 2.16 bits per heavy atom. The van der Waals surface area contributed by atoms with Crippen molar-refractivity contribution in [2.24, 2.45) is 4.99 Å². The highest BCUT2D eigenvalue weighted by atomic mass is 127. The van der Waals surface area contributed by atoms with Crippen molar-refractivity contribution in [3.8, 4) is 11.5 Å². The molecule has 1 aliphatic heterocycles. The smallest absolute Gasteiger partial charge is 0.193 e. The van der Waals surface area contributed by atoms with Gasteiger partial charge in [-0.05, 0) is 25.8 Å². The van der Waals surface area contributed by atoms with Gasteiger partial charge in [0.25, 0.3) is 0 Å². The lowest BCUT2D eigenvalue weighted by molar-refractivity contribution is 0.296. The average Bonchev–Trinajstić information content (AvgIpc) is 2.84. The zero-order chi connectivity index (χ0) is 17.2. The number of rotatable bonds is 7. The number of hydrogen-bond acceptors (Lipinski definition) is 3. The van der Waals surface area contributed by atoms with Crippen LogP contribution in [-0.2, 0) is 6.54 Å². The van der Waals surface area contributed by atoms with Crippen molar-refractivity contribution in [3.63, 3.8) is 0 Å². The number of hydrogen-bond donors (Lipinski definition) is 1. The summed E-state index contributed by atoms with van der Waals surface area (Å²) in [6, 6.07) is 6.01. The summed E-state index contributed by atoms with van der Waals surface area (Å²) in [5, 5.41) is 3.35. The summed E-state index contributed by atoms with van der Waals surface area (Å²) in [5.74, 6) is 2.57. The first-order valence-electron chi connectivity index (χ1n) is 8.74. The maximum atomic E-state index is 5.87. The molecule has 0 saturated heterocycles. The number of para-hydroxylation sites is 1. The summed E-state index contributed by atoms with van der Waals surface area (Å²) in [4.78, 5) is 6.93.